The zero-order chi connectivity index (χ0) is 17.8. The van der Waals surface area contributed by atoms with Gasteiger partial charge in [0.1, 0.15) is 5.75 Å². The molecule has 0 saturated carbocycles. The number of thioether (sulfide) groups is 1. The van der Waals surface area contributed by atoms with Gasteiger partial charge in [-0.1, -0.05) is 42.1 Å². The van der Waals surface area contributed by atoms with Gasteiger partial charge in [-0.15, -0.1) is 10.2 Å². The molecule has 6 nitrogen and oxygen atoms in total. The van der Waals surface area contributed by atoms with Crippen molar-refractivity contribution in [2.45, 2.75) is 12.1 Å². The fourth-order valence-corrected chi connectivity index (χ4v) is 3.19. The number of carboxylic acids is 1. The molecule has 0 amide bonds. The Labute approximate surface area is 149 Å². The molecule has 1 heterocycles. The molecule has 7 heteroatoms. The molecular weight excluding hydrogens is 338 g/mol. The van der Waals surface area contributed by atoms with Gasteiger partial charge in [-0.2, -0.15) is 0 Å². The quantitative estimate of drug-likeness (QED) is 0.683. The number of carbonyl (C=O) groups is 1. The molecule has 0 aliphatic carbocycles. The molecule has 3 rings (SSSR count). The molecule has 0 aliphatic rings. The van der Waals surface area contributed by atoms with Crippen molar-refractivity contribution in [3.05, 3.63) is 54.1 Å². The highest BCUT2D eigenvalue weighted by Gasteiger charge is 2.20. The van der Waals surface area contributed by atoms with Gasteiger partial charge in [-0.3, -0.25) is 9.36 Å². The lowest BCUT2D eigenvalue weighted by Crippen LogP contribution is -2.05. The molecule has 2 aromatic carbocycles. The largest absolute Gasteiger partial charge is 0.496 e. The molecule has 0 fully saturated rings. The highest BCUT2D eigenvalue weighted by atomic mass is 32.2. The first-order valence-electron chi connectivity index (χ1n) is 7.61. The molecule has 0 radical (unpaired) electrons. The van der Waals surface area contributed by atoms with Crippen LogP contribution in [0.3, 0.4) is 0 Å². The molecule has 0 saturated heterocycles. The van der Waals surface area contributed by atoms with Crippen LogP contribution in [0.1, 0.15) is 5.56 Å². The normalized spacial score (nSPS) is 10.6. The highest BCUT2D eigenvalue weighted by Crippen LogP contribution is 2.33. The lowest BCUT2D eigenvalue weighted by Gasteiger charge is -2.14. The molecule has 1 N–H and O–H groups in total. The first-order chi connectivity index (χ1) is 12.1. The molecule has 0 bridgehead atoms. The van der Waals surface area contributed by atoms with Gasteiger partial charge in [-0.25, -0.2) is 0 Å². The second kappa shape index (κ2) is 7.40. The number of benzene rings is 2. The number of hydrogen-bond acceptors (Lipinski definition) is 5. The van der Waals surface area contributed by atoms with Crippen LogP contribution >= 0.6 is 11.8 Å². The predicted molar refractivity (Wildman–Crippen MR) is 96.4 cm³/mol. The molecule has 0 unspecified atom stereocenters. The number of carboxylic acid groups (broad SMARTS) is 1. The zero-order valence-corrected chi connectivity index (χ0v) is 14.7. The van der Waals surface area contributed by atoms with Gasteiger partial charge in [0, 0.05) is 0 Å². The first kappa shape index (κ1) is 17.0. The number of para-hydroxylation sites is 2. The Balaban J connectivity index is 2.19. The minimum atomic E-state index is -0.900. The van der Waals surface area contributed by atoms with Crippen molar-refractivity contribution < 1.29 is 14.6 Å². The average molecular weight is 355 g/mol. The van der Waals surface area contributed by atoms with Crippen molar-refractivity contribution in [3.63, 3.8) is 0 Å². The van der Waals surface area contributed by atoms with Crippen LogP contribution in [-0.2, 0) is 4.79 Å². The summed E-state index contributed by atoms with van der Waals surface area (Å²) in [7, 11) is 1.60. The number of aromatic nitrogens is 3. The van der Waals surface area contributed by atoms with E-state index in [1.807, 2.05) is 60.0 Å². The first-order valence-corrected chi connectivity index (χ1v) is 8.59. The van der Waals surface area contributed by atoms with E-state index in [0.717, 1.165) is 28.6 Å². The van der Waals surface area contributed by atoms with Crippen LogP contribution in [0, 0.1) is 6.92 Å². The standard InChI is InChI=1S/C18H17N3O3S/c1-12-7-3-5-9-14(12)21-17(13-8-4-6-10-15(13)24-2)19-20-18(21)25-11-16(22)23/h3-10H,11H2,1-2H3,(H,22,23). The van der Waals surface area contributed by atoms with Crippen LogP contribution in [-0.4, -0.2) is 38.7 Å². The van der Waals surface area contributed by atoms with Crippen molar-refractivity contribution >= 4 is 17.7 Å². The van der Waals surface area contributed by atoms with Crippen molar-refractivity contribution in [3.8, 4) is 22.8 Å². The van der Waals surface area contributed by atoms with E-state index in [1.165, 1.54) is 0 Å². The summed E-state index contributed by atoms with van der Waals surface area (Å²) in [5.74, 6) is 0.304. The van der Waals surface area contributed by atoms with E-state index < -0.39 is 5.97 Å². The molecule has 128 valence electrons. The lowest BCUT2D eigenvalue weighted by atomic mass is 10.1. The Morgan fingerprint density at radius 1 is 1.16 bits per heavy atom. The van der Waals surface area contributed by atoms with Crippen molar-refractivity contribution in [1.29, 1.82) is 0 Å². The van der Waals surface area contributed by atoms with Gasteiger partial charge in [0.2, 0.25) is 0 Å². The number of rotatable bonds is 6. The van der Waals surface area contributed by atoms with Crippen LogP contribution in [0.15, 0.2) is 53.7 Å². The summed E-state index contributed by atoms with van der Waals surface area (Å²) in [6.45, 7) is 1.99. The maximum atomic E-state index is 11.0. The molecule has 0 aliphatic heterocycles. The summed E-state index contributed by atoms with van der Waals surface area (Å²) in [6.07, 6.45) is 0. The van der Waals surface area contributed by atoms with Gasteiger partial charge in [0.05, 0.1) is 24.1 Å². The average Bonchev–Trinajstić information content (AvgIpc) is 3.03. The minimum absolute atomic E-state index is 0.0874. The second-order valence-electron chi connectivity index (χ2n) is 5.31. The zero-order valence-electron chi connectivity index (χ0n) is 13.8. The Bertz CT molecular complexity index is 908. The van der Waals surface area contributed by atoms with E-state index in [0.29, 0.717) is 16.7 Å². The summed E-state index contributed by atoms with van der Waals surface area (Å²) in [6, 6.07) is 15.4. The maximum Gasteiger partial charge on any atom is 0.313 e. The molecule has 25 heavy (non-hydrogen) atoms. The Hall–Kier alpha value is -2.80. The topological polar surface area (TPSA) is 77.2 Å². The highest BCUT2D eigenvalue weighted by molar-refractivity contribution is 7.99. The van der Waals surface area contributed by atoms with Gasteiger partial charge in [-0.05, 0) is 30.7 Å². The van der Waals surface area contributed by atoms with E-state index in [1.54, 1.807) is 7.11 Å². The SMILES string of the molecule is COc1ccccc1-c1nnc(SCC(=O)O)n1-c1ccccc1C. The van der Waals surface area contributed by atoms with Crippen molar-refractivity contribution in [2.24, 2.45) is 0 Å². The summed E-state index contributed by atoms with van der Waals surface area (Å²) in [4.78, 5) is 11.0. The second-order valence-corrected chi connectivity index (χ2v) is 6.25. The minimum Gasteiger partial charge on any atom is -0.496 e. The van der Waals surface area contributed by atoms with Gasteiger partial charge in [0.25, 0.3) is 0 Å². The van der Waals surface area contributed by atoms with E-state index in [2.05, 4.69) is 10.2 Å². The van der Waals surface area contributed by atoms with Crippen LogP contribution in [0.2, 0.25) is 0 Å². The van der Waals surface area contributed by atoms with Crippen molar-refractivity contribution in [1.82, 2.24) is 14.8 Å². The third kappa shape index (κ3) is 3.51. The summed E-state index contributed by atoms with van der Waals surface area (Å²) in [5.41, 5.74) is 2.74. The number of nitrogens with zero attached hydrogens (tertiary/aromatic N) is 3. The van der Waals surface area contributed by atoms with Gasteiger partial charge < -0.3 is 9.84 Å². The summed E-state index contributed by atoms with van der Waals surface area (Å²) in [5, 5.41) is 18.0. The Morgan fingerprint density at radius 3 is 2.60 bits per heavy atom. The molecule has 0 spiro atoms. The van der Waals surface area contributed by atoms with Crippen LogP contribution in [0.25, 0.3) is 17.1 Å². The molecule has 0 atom stereocenters. The number of ether oxygens (including phenoxy) is 1. The van der Waals surface area contributed by atoms with E-state index >= 15 is 0 Å². The molecular formula is C18H17N3O3S. The molecule has 1 aromatic heterocycles. The Kier molecular flexibility index (Phi) is 5.04. The lowest BCUT2D eigenvalue weighted by molar-refractivity contribution is -0.133. The monoisotopic (exact) mass is 355 g/mol. The van der Waals surface area contributed by atoms with E-state index in [9.17, 15) is 4.79 Å². The van der Waals surface area contributed by atoms with Crippen molar-refractivity contribution in [2.75, 3.05) is 12.9 Å². The van der Waals surface area contributed by atoms with Crippen LogP contribution in [0.5, 0.6) is 5.75 Å². The fourth-order valence-electron chi connectivity index (χ4n) is 2.53. The van der Waals surface area contributed by atoms with E-state index in [-0.39, 0.29) is 5.75 Å². The van der Waals surface area contributed by atoms with Gasteiger partial charge in [0.15, 0.2) is 11.0 Å². The number of hydrogen-bond donors (Lipinski definition) is 1. The van der Waals surface area contributed by atoms with Crippen LogP contribution in [0.4, 0.5) is 0 Å². The van der Waals surface area contributed by atoms with E-state index in [4.69, 9.17) is 9.84 Å². The number of aryl methyl sites for hydroxylation is 1. The van der Waals surface area contributed by atoms with Gasteiger partial charge >= 0.3 is 5.97 Å². The Morgan fingerprint density at radius 2 is 1.88 bits per heavy atom. The third-order valence-corrected chi connectivity index (χ3v) is 4.58. The molecule has 3 aromatic rings. The summed E-state index contributed by atoms with van der Waals surface area (Å²) >= 11 is 1.14. The smallest absolute Gasteiger partial charge is 0.313 e. The number of aliphatic carboxylic acids is 1. The maximum absolute atomic E-state index is 11.0. The summed E-state index contributed by atoms with van der Waals surface area (Å²) < 4.78 is 7.32. The van der Waals surface area contributed by atoms with Crippen LogP contribution < -0.4 is 4.74 Å². The third-order valence-electron chi connectivity index (χ3n) is 3.66. The fraction of sp³-hybridized carbons (Fsp3) is 0.167. The predicted octanol–water partition coefficient (Wildman–Crippen LogP) is 3.43. The number of methoxy groups -OCH3 is 1.